The second-order valence-corrected chi connectivity index (χ2v) is 8.07. The molecule has 1 aliphatic rings. The summed E-state index contributed by atoms with van der Waals surface area (Å²) in [6.45, 7) is 5.17. The van der Waals surface area contributed by atoms with Gasteiger partial charge in [0.2, 0.25) is 5.91 Å². The van der Waals surface area contributed by atoms with Gasteiger partial charge in [-0.25, -0.2) is 0 Å². The maximum absolute atomic E-state index is 13.2. The number of hydrogen-bond acceptors (Lipinski definition) is 4. The number of likely N-dealkylation sites (tertiary alicyclic amines) is 1. The van der Waals surface area contributed by atoms with E-state index in [1.807, 2.05) is 43.7 Å². The number of hydrogen-bond donors (Lipinski definition) is 1. The lowest BCUT2D eigenvalue weighted by Crippen LogP contribution is -2.44. The van der Waals surface area contributed by atoms with E-state index in [-0.39, 0.29) is 5.91 Å². The van der Waals surface area contributed by atoms with Gasteiger partial charge in [-0.1, -0.05) is 30.3 Å². The van der Waals surface area contributed by atoms with E-state index in [1.54, 1.807) is 6.20 Å². The highest BCUT2D eigenvalue weighted by Gasteiger charge is 2.44. The van der Waals surface area contributed by atoms with Crippen LogP contribution < -0.4 is 5.32 Å². The quantitative estimate of drug-likeness (QED) is 0.657. The summed E-state index contributed by atoms with van der Waals surface area (Å²) < 4.78 is 0. The highest BCUT2D eigenvalue weighted by atomic mass is 16.2. The summed E-state index contributed by atoms with van der Waals surface area (Å²) >= 11 is 0. The molecule has 5 heteroatoms. The Labute approximate surface area is 178 Å². The summed E-state index contributed by atoms with van der Waals surface area (Å²) in [5, 5.41) is 3.09. The summed E-state index contributed by atoms with van der Waals surface area (Å²) in [6.07, 6.45) is 8.91. The first-order chi connectivity index (χ1) is 14.7. The maximum atomic E-state index is 13.2. The summed E-state index contributed by atoms with van der Waals surface area (Å²) in [4.78, 5) is 23.9. The van der Waals surface area contributed by atoms with Crippen molar-refractivity contribution in [2.45, 2.75) is 26.3 Å². The second kappa shape index (κ2) is 9.18. The van der Waals surface area contributed by atoms with Gasteiger partial charge < -0.3 is 5.32 Å². The topological polar surface area (TPSA) is 58.1 Å². The molecule has 1 atom stereocenters. The zero-order valence-electron chi connectivity index (χ0n) is 17.4. The van der Waals surface area contributed by atoms with Crippen molar-refractivity contribution < 1.29 is 4.79 Å². The lowest BCUT2D eigenvalue weighted by Gasteiger charge is -2.28. The molecule has 1 fully saturated rings. The molecule has 30 heavy (non-hydrogen) atoms. The van der Waals surface area contributed by atoms with Crippen LogP contribution in [0.25, 0.3) is 11.1 Å². The Kier molecular flexibility index (Phi) is 6.19. The van der Waals surface area contributed by atoms with Crippen molar-refractivity contribution in [3.8, 4) is 11.1 Å². The lowest BCUT2D eigenvalue weighted by molar-refractivity contribution is -0.130. The normalized spacial score (nSPS) is 19.0. The van der Waals surface area contributed by atoms with Crippen LogP contribution in [0.1, 0.15) is 24.5 Å². The fourth-order valence-corrected chi connectivity index (χ4v) is 4.38. The molecule has 1 saturated heterocycles. The molecule has 1 amide bonds. The third-order valence-electron chi connectivity index (χ3n) is 5.87. The zero-order chi connectivity index (χ0) is 20.8. The van der Waals surface area contributed by atoms with Crippen molar-refractivity contribution in [2.75, 3.05) is 19.6 Å². The van der Waals surface area contributed by atoms with Crippen molar-refractivity contribution in [2.24, 2.45) is 5.41 Å². The minimum atomic E-state index is -0.406. The number of amides is 1. The number of aromatic nitrogens is 2. The predicted octanol–water partition coefficient (Wildman–Crippen LogP) is 3.71. The molecule has 4 rings (SSSR count). The van der Waals surface area contributed by atoms with Gasteiger partial charge in [0.15, 0.2) is 0 Å². The molecule has 3 heterocycles. The number of carbonyl (C=O) groups is 1. The summed E-state index contributed by atoms with van der Waals surface area (Å²) in [5.41, 5.74) is 4.25. The van der Waals surface area contributed by atoms with Gasteiger partial charge in [0, 0.05) is 44.4 Å². The van der Waals surface area contributed by atoms with Crippen LogP contribution in [0.15, 0.2) is 73.3 Å². The Morgan fingerprint density at radius 2 is 1.87 bits per heavy atom. The minimum Gasteiger partial charge on any atom is -0.356 e. The highest BCUT2D eigenvalue weighted by molar-refractivity contribution is 5.83. The van der Waals surface area contributed by atoms with Crippen LogP contribution in [-0.4, -0.2) is 40.4 Å². The molecule has 0 spiro atoms. The minimum absolute atomic E-state index is 0.161. The molecule has 1 aliphatic heterocycles. The lowest BCUT2D eigenvalue weighted by atomic mass is 9.79. The molecular weight excluding hydrogens is 372 g/mol. The number of rotatable bonds is 7. The Bertz CT molecular complexity index is 977. The molecule has 0 bridgehead atoms. The Hall–Kier alpha value is -3.05. The third kappa shape index (κ3) is 4.57. The number of carbonyl (C=O) groups excluding carboxylic acids is 1. The monoisotopic (exact) mass is 400 g/mol. The van der Waals surface area contributed by atoms with Crippen LogP contribution in [0.3, 0.4) is 0 Å². The van der Waals surface area contributed by atoms with E-state index in [0.29, 0.717) is 6.54 Å². The number of nitrogens with zero attached hydrogens (tertiary/aromatic N) is 3. The summed E-state index contributed by atoms with van der Waals surface area (Å²) in [7, 11) is 0. The van der Waals surface area contributed by atoms with E-state index in [2.05, 4.69) is 50.5 Å². The molecule has 2 aromatic heterocycles. The second-order valence-electron chi connectivity index (χ2n) is 8.07. The first kappa shape index (κ1) is 20.2. The summed E-state index contributed by atoms with van der Waals surface area (Å²) in [5.74, 6) is 0.161. The molecule has 3 aromatic rings. The molecule has 154 valence electrons. The zero-order valence-corrected chi connectivity index (χ0v) is 17.4. The van der Waals surface area contributed by atoms with Gasteiger partial charge in [0.25, 0.3) is 0 Å². The van der Waals surface area contributed by atoms with Crippen molar-refractivity contribution >= 4 is 5.91 Å². The van der Waals surface area contributed by atoms with Gasteiger partial charge in [-0.3, -0.25) is 19.7 Å². The van der Waals surface area contributed by atoms with Gasteiger partial charge in [0.05, 0.1) is 5.41 Å². The molecule has 0 radical (unpaired) electrons. The fourth-order valence-electron chi connectivity index (χ4n) is 4.38. The van der Waals surface area contributed by atoms with Crippen LogP contribution >= 0.6 is 0 Å². The third-order valence-corrected chi connectivity index (χ3v) is 5.87. The Morgan fingerprint density at radius 3 is 2.63 bits per heavy atom. The van der Waals surface area contributed by atoms with Crippen molar-refractivity contribution in [1.82, 2.24) is 20.2 Å². The van der Waals surface area contributed by atoms with Crippen LogP contribution in [-0.2, 0) is 17.8 Å². The van der Waals surface area contributed by atoms with E-state index < -0.39 is 5.41 Å². The Balaban J connectivity index is 1.56. The molecule has 1 N–H and O–H groups in total. The van der Waals surface area contributed by atoms with E-state index >= 15 is 0 Å². The number of benzene rings is 1. The molecule has 1 unspecified atom stereocenters. The standard InChI is InChI=1S/C25H28N4O/c1-2-28-24(30)25(10-14-29(19-25)18-20-8-12-26-13-9-20)16-21-5-3-6-22(15-21)23-7-4-11-27-17-23/h3-9,11-13,15,17H,2,10,14,16,18-19H2,1H3,(H,28,30). The van der Waals surface area contributed by atoms with Crippen molar-refractivity contribution in [3.05, 3.63) is 84.4 Å². The van der Waals surface area contributed by atoms with Gasteiger partial charge in [-0.05, 0) is 66.8 Å². The highest BCUT2D eigenvalue weighted by Crippen LogP contribution is 2.36. The first-order valence-corrected chi connectivity index (χ1v) is 10.6. The molecular formula is C25H28N4O. The van der Waals surface area contributed by atoms with Crippen LogP contribution in [0.5, 0.6) is 0 Å². The fraction of sp³-hybridized carbons (Fsp3) is 0.320. The van der Waals surface area contributed by atoms with E-state index in [1.165, 1.54) is 11.1 Å². The van der Waals surface area contributed by atoms with Gasteiger partial charge in [-0.15, -0.1) is 0 Å². The molecule has 0 saturated carbocycles. The maximum Gasteiger partial charge on any atom is 0.227 e. The van der Waals surface area contributed by atoms with Crippen molar-refractivity contribution in [3.63, 3.8) is 0 Å². The SMILES string of the molecule is CCNC(=O)C1(Cc2cccc(-c3cccnc3)c2)CCN(Cc2ccncc2)C1. The van der Waals surface area contributed by atoms with Crippen LogP contribution in [0, 0.1) is 5.41 Å². The predicted molar refractivity (Wildman–Crippen MR) is 119 cm³/mol. The van der Waals surface area contributed by atoms with Gasteiger partial charge in [-0.2, -0.15) is 0 Å². The van der Waals surface area contributed by atoms with Gasteiger partial charge >= 0.3 is 0 Å². The van der Waals surface area contributed by atoms with E-state index in [4.69, 9.17) is 0 Å². The van der Waals surface area contributed by atoms with Crippen LogP contribution in [0.4, 0.5) is 0 Å². The largest absolute Gasteiger partial charge is 0.356 e. The van der Waals surface area contributed by atoms with E-state index in [0.717, 1.165) is 43.6 Å². The molecule has 0 aliphatic carbocycles. The van der Waals surface area contributed by atoms with Gasteiger partial charge in [0.1, 0.15) is 0 Å². The Morgan fingerprint density at radius 1 is 1.03 bits per heavy atom. The average Bonchev–Trinajstić information content (AvgIpc) is 3.19. The van der Waals surface area contributed by atoms with Crippen LogP contribution in [0.2, 0.25) is 0 Å². The van der Waals surface area contributed by atoms with Crippen molar-refractivity contribution in [1.29, 1.82) is 0 Å². The molecule has 1 aromatic carbocycles. The van der Waals surface area contributed by atoms with E-state index in [9.17, 15) is 4.79 Å². The smallest absolute Gasteiger partial charge is 0.227 e. The first-order valence-electron chi connectivity index (χ1n) is 10.6. The summed E-state index contributed by atoms with van der Waals surface area (Å²) in [6, 6.07) is 16.6. The average molecular weight is 401 g/mol. The molecule has 5 nitrogen and oxygen atoms in total. The number of nitrogens with one attached hydrogen (secondary N) is 1. The number of pyridine rings is 2.